The number of hydrogen-bond acceptors (Lipinski definition) is 1. The van der Waals surface area contributed by atoms with Crippen molar-refractivity contribution in [3.05, 3.63) is 61.7 Å². The van der Waals surface area contributed by atoms with Crippen molar-refractivity contribution in [2.75, 3.05) is 5.32 Å². The van der Waals surface area contributed by atoms with Gasteiger partial charge in [0.1, 0.15) is 5.82 Å². The molecule has 0 heterocycles. The Bertz CT molecular complexity index is 628. The van der Waals surface area contributed by atoms with Gasteiger partial charge in [0.05, 0.1) is 20.7 Å². The number of halogens is 4. The van der Waals surface area contributed by atoms with Gasteiger partial charge in [-0.1, -0.05) is 23.7 Å². The molecule has 0 saturated carbocycles. The first-order chi connectivity index (χ1) is 9.00. The normalized spacial score (nSPS) is 10.3. The summed E-state index contributed by atoms with van der Waals surface area (Å²) in [4.78, 5) is 12.1. The van der Waals surface area contributed by atoms with Crippen molar-refractivity contribution in [1.29, 1.82) is 0 Å². The molecule has 98 valence electrons. The van der Waals surface area contributed by atoms with E-state index in [0.29, 0.717) is 19.7 Å². The Morgan fingerprint density at radius 1 is 1.16 bits per heavy atom. The van der Waals surface area contributed by atoms with Crippen LogP contribution in [0.5, 0.6) is 0 Å². The molecule has 0 aliphatic heterocycles. The molecule has 0 fully saturated rings. The number of amides is 1. The third-order valence-corrected chi connectivity index (χ3v) is 4.45. The van der Waals surface area contributed by atoms with Crippen molar-refractivity contribution in [2.45, 2.75) is 0 Å². The lowest BCUT2D eigenvalue weighted by atomic mass is 10.2. The zero-order valence-corrected chi connectivity index (χ0v) is 13.3. The van der Waals surface area contributed by atoms with Gasteiger partial charge in [0, 0.05) is 4.47 Å². The van der Waals surface area contributed by atoms with E-state index in [4.69, 9.17) is 11.6 Å². The van der Waals surface area contributed by atoms with Gasteiger partial charge in [-0.2, -0.15) is 0 Å². The van der Waals surface area contributed by atoms with Crippen molar-refractivity contribution in [2.24, 2.45) is 0 Å². The van der Waals surface area contributed by atoms with E-state index in [2.05, 4.69) is 37.2 Å². The van der Waals surface area contributed by atoms with Gasteiger partial charge in [-0.15, -0.1) is 0 Å². The van der Waals surface area contributed by atoms with E-state index in [1.165, 1.54) is 12.1 Å². The van der Waals surface area contributed by atoms with Gasteiger partial charge < -0.3 is 5.32 Å². The molecule has 0 radical (unpaired) electrons. The molecule has 0 saturated heterocycles. The molecule has 0 bridgehead atoms. The Balaban J connectivity index is 2.34. The van der Waals surface area contributed by atoms with Crippen LogP contribution in [0.15, 0.2) is 45.3 Å². The average Bonchev–Trinajstić information content (AvgIpc) is 2.35. The number of hydrogen-bond donors (Lipinski definition) is 1. The Morgan fingerprint density at radius 3 is 2.53 bits per heavy atom. The molecular formula is C13H7Br2ClFNO. The van der Waals surface area contributed by atoms with E-state index < -0.39 is 11.7 Å². The quantitative estimate of drug-likeness (QED) is 0.723. The van der Waals surface area contributed by atoms with Crippen LogP contribution in [0, 0.1) is 5.82 Å². The molecule has 0 aromatic heterocycles. The molecule has 19 heavy (non-hydrogen) atoms. The molecule has 1 amide bonds. The van der Waals surface area contributed by atoms with E-state index in [0.717, 1.165) is 0 Å². The maximum absolute atomic E-state index is 13.7. The van der Waals surface area contributed by atoms with Crippen LogP contribution in [0.25, 0.3) is 0 Å². The molecule has 0 unspecified atom stereocenters. The summed E-state index contributed by atoms with van der Waals surface area (Å²) in [5, 5.41) is 3.07. The fraction of sp³-hybridized carbons (Fsp3) is 0. The predicted molar refractivity (Wildman–Crippen MR) is 81.2 cm³/mol. The highest BCUT2D eigenvalue weighted by molar-refractivity contribution is 9.11. The van der Waals surface area contributed by atoms with E-state index in [-0.39, 0.29) is 5.56 Å². The Kier molecular flexibility index (Phi) is 4.60. The summed E-state index contributed by atoms with van der Waals surface area (Å²) in [6.07, 6.45) is 0. The molecule has 0 atom stereocenters. The lowest BCUT2D eigenvalue weighted by Gasteiger charge is -2.10. The zero-order valence-electron chi connectivity index (χ0n) is 9.38. The fourth-order valence-corrected chi connectivity index (χ4v) is 2.56. The summed E-state index contributed by atoms with van der Waals surface area (Å²) in [5.74, 6) is -1.14. The minimum Gasteiger partial charge on any atom is -0.321 e. The second-order valence-corrected chi connectivity index (χ2v) is 5.71. The van der Waals surface area contributed by atoms with Gasteiger partial charge in [0.25, 0.3) is 5.91 Å². The van der Waals surface area contributed by atoms with Crippen molar-refractivity contribution in [1.82, 2.24) is 0 Å². The second kappa shape index (κ2) is 6.03. The van der Waals surface area contributed by atoms with Gasteiger partial charge >= 0.3 is 0 Å². The van der Waals surface area contributed by atoms with Gasteiger partial charge in [0.15, 0.2) is 0 Å². The second-order valence-electron chi connectivity index (χ2n) is 3.65. The summed E-state index contributed by atoms with van der Waals surface area (Å²) < 4.78 is 14.6. The van der Waals surface area contributed by atoms with Crippen molar-refractivity contribution in [3.63, 3.8) is 0 Å². The average molecular weight is 407 g/mol. The highest BCUT2D eigenvalue weighted by Gasteiger charge is 2.16. The maximum atomic E-state index is 13.7. The molecule has 0 spiro atoms. The van der Waals surface area contributed by atoms with Crippen LogP contribution in [0.1, 0.15) is 10.4 Å². The van der Waals surface area contributed by atoms with Crippen LogP contribution >= 0.6 is 43.5 Å². The maximum Gasteiger partial charge on any atom is 0.259 e. The SMILES string of the molecule is O=C(Nc1cccc(Cl)c1Br)c1c(F)cccc1Br. The molecule has 6 heteroatoms. The fourth-order valence-electron chi connectivity index (χ4n) is 1.50. The number of carbonyl (C=O) groups is 1. The van der Waals surface area contributed by atoms with E-state index in [9.17, 15) is 9.18 Å². The molecule has 0 aliphatic rings. The summed E-state index contributed by atoms with van der Waals surface area (Å²) in [6, 6.07) is 9.39. The molecule has 2 aromatic carbocycles. The van der Waals surface area contributed by atoms with Gasteiger partial charge in [0.2, 0.25) is 0 Å². The summed E-state index contributed by atoms with van der Waals surface area (Å²) in [7, 11) is 0. The van der Waals surface area contributed by atoms with E-state index >= 15 is 0 Å². The van der Waals surface area contributed by atoms with Crippen molar-refractivity contribution >= 4 is 55.1 Å². The Hall–Kier alpha value is -0.910. The van der Waals surface area contributed by atoms with Crippen molar-refractivity contribution in [3.8, 4) is 0 Å². The number of benzene rings is 2. The first-order valence-electron chi connectivity index (χ1n) is 5.20. The first-order valence-corrected chi connectivity index (χ1v) is 7.16. The highest BCUT2D eigenvalue weighted by atomic mass is 79.9. The minimum absolute atomic E-state index is 0.0469. The first kappa shape index (κ1) is 14.5. The van der Waals surface area contributed by atoms with Gasteiger partial charge in [-0.05, 0) is 56.1 Å². The monoisotopic (exact) mass is 405 g/mol. The van der Waals surface area contributed by atoms with E-state index in [1.54, 1.807) is 24.3 Å². The van der Waals surface area contributed by atoms with Crippen LogP contribution < -0.4 is 5.32 Å². The molecule has 0 aliphatic carbocycles. The molecule has 1 N–H and O–H groups in total. The molecular weight excluding hydrogens is 400 g/mol. The topological polar surface area (TPSA) is 29.1 Å². The standard InChI is InChI=1S/C13H7Br2ClFNO/c14-7-3-1-5-9(17)11(7)13(19)18-10-6-2-4-8(16)12(10)15/h1-6H,(H,18,19). The number of anilines is 1. The number of nitrogens with one attached hydrogen (secondary N) is 1. The summed E-state index contributed by atoms with van der Waals surface area (Å²) >= 11 is 12.3. The highest BCUT2D eigenvalue weighted by Crippen LogP contribution is 2.31. The molecule has 2 rings (SSSR count). The third-order valence-electron chi connectivity index (χ3n) is 2.39. The third kappa shape index (κ3) is 3.16. The zero-order chi connectivity index (χ0) is 14.0. The minimum atomic E-state index is -0.593. The molecule has 2 nitrogen and oxygen atoms in total. The predicted octanol–water partition coefficient (Wildman–Crippen LogP) is 5.26. The smallest absolute Gasteiger partial charge is 0.259 e. The lowest BCUT2D eigenvalue weighted by Crippen LogP contribution is -2.14. The molecule has 2 aromatic rings. The van der Waals surface area contributed by atoms with Crippen LogP contribution in [-0.4, -0.2) is 5.91 Å². The Labute approximate surface area is 131 Å². The van der Waals surface area contributed by atoms with Crippen LogP contribution in [0.4, 0.5) is 10.1 Å². The Morgan fingerprint density at radius 2 is 1.84 bits per heavy atom. The van der Waals surface area contributed by atoms with Crippen LogP contribution in [0.2, 0.25) is 5.02 Å². The largest absolute Gasteiger partial charge is 0.321 e. The number of carbonyl (C=O) groups excluding carboxylic acids is 1. The number of rotatable bonds is 2. The van der Waals surface area contributed by atoms with Gasteiger partial charge in [-0.25, -0.2) is 4.39 Å². The van der Waals surface area contributed by atoms with Crippen LogP contribution in [-0.2, 0) is 0 Å². The lowest BCUT2D eigenvalue weighted by molar-refractivity contribution is 0.102. The van der Waals surface area contributed by atoms with Crippen LogP contribution in [0.3, 0.4) is 0 Å². The van der Waals surface area contributed by atoms with Crippen molar-refractivity contribution < 1.29 is 9.18 Å². The summed E-state index contributed by atoms with van der Waals surface area (Å²) in [5.41, 5.74) is 0.432. The van der Waals surface area contributed by atoms with Gasteiger partial charge in [-0.3, -0.25) is 4.79 Å². The van der Waals surface area contributed by atoms with E-state index in [1.807, 2.05) is 0 Å². The summed E-state index contributed by atoms with van der Waals surface area (Å²) in [6.45, 7) is 0.